The summed E-state index contributed by atoms with van der Waals surface area (Å²) in [6, 6.07) is 69.9. The second kappa shape index (κ2) is 27.5. The largest absolute Gasteiger partial charge is 0.494 e. The van der Waals surface area contributed by atoms with Gasteiger partial charge in [-0.05, 0) is 93.4 Å². The van der Waals surface area contributed by atoms with Crippen LogP contribution in [0, 0.1) is 45.3 Å². The molecule has 2 amide bonds. The Labute approximate surface area is 446 Å². The summed E-state index contributed by atoms with van der Waals surface area (Å²) in [4.78, 5) is 27.5. The van der Waals surface area contributed by atoms with Crippen molar-refractivity contribution in [3.8, 4) is 30.0 Å². The van der Waals surface area contributed by atoms with Crippen LogP contribution in [0.5, 0.6) is 5.75 Å². The molecule has 7 aromatic carbocycles. The Morgan fingerprint density at radius 3 is 1.47 bits per heavy atom. The van der Waals surface area contributed by atoms with Crippen molar-refractivity contribution in [3.05, 3.63) is 237 Å². The number of carbonyl (C=O) groups is 2. The van der Waals surface area contributed by atoms with Crippen LogP contribution < -0.4 is 30.7 Å². The van der Waals surface area contributed by atoms with Gasteiger partial charge in [0.2, 0.25) is 11.8 Å². The van der Waals surface area contributed by atoms with Gasteiger partial charge >= 0.3 is 0 Å². The quantitative estimate of drug-likeness (QED) is 0.0363. The molecule has 0 bridgehead atoms. The van der Waals surface area contributed by atoms with E-state index in [0.29, 0.717) is 45.9 Å². The number of hydrogen-bond acceptors (Lipinski definition) is 8. The molecule has 0 aliphatic heterocycles. The number of unbranched alkanes of at least 4 members (excludes halogenated alkanes) is 7. The highest BCUT2D eigenvalue weighted by Crippen LogP contribution is 2.45. The van der Waals surface area contributed by atoms with Crippen molar-refractivity contribution in [1.82, 2.24) is 5.32 Å². The maximum Gasteiger partial charge on any atom is 0.243 e. The van der Waals surface area contributed by atoms with Crippen LogP contribution in [0.4, 0.5) is 11.4 Å². The Kier molecular flexibility index (Phi) is 19.7. The summed E-state index contributed by atoms with van der Waals surface area (Å²) in [5, 5.41) is 45.9. The van der Waals surface area contributed by atoms with Gasteiger partial charge in [-0.3, -0.25) is 9.59 Å². The predicted molar refractivity (Wildman–Crippen MR) is 302 cm³/mol. The van der Waals surface area contributed by atoms with E-state index in [1.165, 1.54) is 22.3 Å². The number of nitrogens with zero attached hydrogens (tertiary/aromatic N) is 5. The van der Waals surface area contributed by atoms with E-state index in [-0.39, 0.29) is 29.5 Å². The molecule has 0 radical (unpaired) electrons. The summed E-state index contributed by atoms with van der Waals surface area (Å²) in [7, 11) is 3.86. The highest BCUT2D eigenvalue weighted by molar-refractivity contribution is 6.08. The average molecular weight is 1000 g/mol. The average Bonchev–Trinajstić information content (AvgIpc) is 3.47. The third-order valence-corrected chi connectivity index (χ3v) is 13.5. The van der Waals surface area contributed by atoms with Gasteiger partial charge < -0.3 is 20.3 Å². The lowest BCUT2D eigenvalue weighted by Crippen LogP contribution is -2.32. The van der Waals surface area contributed by atoms with Crippen molar-refractivity contribution in [2.24, 2.45) is 0 Å². The minimum atomic E-state index is -0.486. The highest BCUT2D eigenvalue weighted by atomic mass is 16.5. The second-order valence-corrected chi connectivity index (χ2v) is 18.7. The maximum absolute atomic E-state index is 12.9. The molecule has 0 aliphatic rings. The molecule has 0 fully saturated rings. The number of carbonyl (C=O) groups excluding carboxylic acids is 2. The molecule has 378 valence electrons. The van der Waals surface area contributed by atoms with Gasteiger partial charge in [-0.15, -0.1) is 0 Å². The van der Waals surface area contributed by atoms with Crippen molar-refractivity contribution in [1.29, 1.82) is 21.0 Å². The van der Waals surface area contributed by atoms with Crippen LogP contribution in [-0.2, 0) is 15.0 Å². The number of rotatable bonds is 23. The molecule has 10 nitrogen and oxygen atoms in total. The maximum atomic E-state index is 12.9. The number of allylic oxidation sites excluding steroid dienone is 2. The molecule has 10 heteroatoms. The summed E-state index contributed by atoms with van der Waals surface area (Å²) in [6.07, 6.45) is 8.50. The molecule has 0 spiro atoms. The Hall–Kier alpha value is -9.48. The molecule has 0 aromatic heterocycles. The lowest BCUT2D eigenvalue weighted by molar-refractivity contribution is -0.124. The minimum absolute atomic E-state index is 0.0351. The molecule has 0 saturated heterocycles. The van der Waals surface area contributed by atoms with Crippen LogP contribution >= 0.6 is 0 Å². The van der Waals surface area contributed by atoms with E-state index in [1.807, 2.05) is 55.4 Å². The molecule has 7 rings (SSSR count). The van der Waals surface area contributed by atoms with Gasteiger partial charge in [-0.2, -0.15) is 21.0 Å². The predicted octanol–water partition coefficient (Wildman–Crippen LogP) is 11.7. The lowest BCUT2D eigenvalue weighted by Gasteiger charge is -2.36. The zero-order valence-electron chi connectivity index (χ0n) is 43.1. The fourth-order valence-electron chi connectivity index (χ4n) is 9.59. The van der Waals surface area contributed by atoms with Crippen LogP contribution in [0.25, 0.3) is 16.7 Å². The summed E-state index contributed by atoms with van der Waals surface area (Å²) in [6.45, 7) is 0.479. The smallest absolute Gasteiger partial charge is 0.243 e. The van der Waals surface area contributed by atoms with Crippen molar-refractivity contribution < 1.29 is 14.3 Å². The number of hydrogen-bond donors (Lipinski definition) is 2. The number of amides is 2. The van der Waals surface area contributed by atoms with Crippen LogP contribution in [0.1, 0.15) is 91.2 Å². The van der Waals surface area contributed by atoms with Gasteiger partial charge in [0.15, 0.2) is 0 Å². The standard InChI is InChI=1S/C66H61N7O3/c1-73(2)60-39-33-52(34-40-60)64(50-29-27-49(28-30-50)53(44-67)45-68)65(54(46-69)47-70)51-31-37-59(38-32-51)72-63(75)48-71-62(74)26-18-7-5-3-4-6-8-19-43-76-61-41-35-58(36-42-61)66(55-20-12-9-13-21-55,56-22-14-10-15-23-56)57-24-16-11-17-25-57/h9-17,20-25,27-42H,3-8,18-19,26,43,48H2,1-2H3,(H,71,74)(H,72,75). The van der Waals surface area contributed by atoms with Gasteiger partial charge in [-0.1, -0.05) is 190 Å². The lowest BCUT2D eigenvalue weighted by atomic mass is 9.65. The van der Waals surface area contributed by atoms with Crippen LogP contribution in [0.2, 0.25) is 0 Å². The molecule has 0 aliphatic carbocycles. The van der Waals surface area contributed by atoms with Crippen LogP contribution in [0.15, 0.2) is 194 Å². The third-order valence-electron chi connectivity index (χ3n) is 13.5. The summed E-state index contributed by atoms with van der Waals surface area (Å²) < 4.78 is 6.22. The van der Waals surface area contributed by atoms with E-state index < -0.39 is 5.41 Å². The summed E-state index contributed by atoms with van der Waals surface area (Å²) in [5.41, 5.74) is 7.83. The zero-order chi connectivity index (χ0) is 53.5. The normalized spacial score (nSPS) is 10.6. The monoisotopic (exact) mass is 999 g/mol. The molecule has 2 N–H and O–H groups in total. The molecule has 0 unspecified atom stereocenters. The van der Waals surface area contributed by atoms with Gasteiger partial charge in [0.1, 0.15) is 41.2 Å². The van der Waals surface area contributed by atoms with E-state index in [0.717, 1.165) is 68.4 Å². The number of benzene rings is 7. The third kappa shape index (κ3) is 13.8. The van der Waals surface area contributed by atoms with Crippen LogP contribution in [-0.4, -0.2) is 39.1 Å². The van der Waals surface area contributed by atoms with Crippen molar-refractivity contribution >= 4 is 39.9 Å². The van der Waals surface area contributed by atoms with E-state index in [2.05, 4.69) is 138 Å². The topological polar surface area (TPSA) is 166 Å². The van der Waals surface area contributed by atoms with Crippen molar-refractivity contribution in [2.45, 2.75) is 63.2 Å². The first kappa shape index (κ1) is 54.3. The van der Waals surface area contributed by atoms with E-state index in [9.17, 15) is 30.6 Å². The Morgan fingerprint density at radius 2 is 0.974 bits per heavy atom. The van der Waals surface area contributed by atoms with Gasteiger partial charge in [-0.25, -0.2) is 0 Å². The number of nitrogens with one attached hydrogen (secondary N) is 2. The summed E-state index contributed by atoms with van der Waals surface area (Å²) in [5.74, 6) is 0.297. The van der Waals surface area contributed by atoms with Crippen LogP contribution in [0.3, 0.4) is 0 Å². The molecular weight excluding hydrogens is 939 g/mol. The van der Waals surface area contributed by atoms with Gasteiger partial charge in [0.05, 0.1) is 18.6 Å². The van der Waals surface area contributed by atoms with E-state index in [1.54, 1.807) is 48.5 Å². The Morgan fingerprint density at radius 1 is 0.500 bits per heavy atom. The molecule has 0 heterocycles. The fourth-order valence-corrected chi connectivity index (χ4v) is 9.59. The first-order valence-electron chi connectivity index (χ1n) is 25.7. The molecular formula is C66H61N7O3. The minimum Gasteiger partial charge on any atom is -0.494 e. The van der Waals surface area contributed by atoms with Crippen molar-refractivity contribution in [3.63, 3.8) is 0 Å². The van der Waals surface area contributed by atoms with E-state index >= 15 is 0 Å². The molecule has 76 heavy (non-hydrogen) atoms. The number of nitriles is 4. The number of ether oxygens (including phenoxy) is 1. The second-order valence-electron chi connectivity index (χ2n) is 18.7. The first-order valence-corrected chi connectivity index (χ1v) is 25.7. The highest BCUT2D eigenvalue weighted by Gasteiger charge is 2.38. The molecule has 0 atom stereocenters. The van der Waals surface area contributed by atoms with Crippen molar-refractivity contribution in [2.75, 3.05) is 37.5 Å². The Bertz CT molecular complexity index is 3250. The summed E-state index contributed by atoms with van der Waals surface area (Å²) >= 11 is 0. The molecule has 7 aromatic rings. The zero-order valence-corrected chi connectivity index (χ0v) is 43.1. The molecule has 0 saturated carbocycles. The first-order chi connectivity index (χ1) is 37.2. The number of anilines is 2. The van der Waals surface area contributed by atoms with Gasteiger partial charge in [0.25, 0.3) is 0 Å². The SMILES string of the molecule is CN(C)c1ccc(C(C(=C(C#N)C#N)c2ccc(NC(=O)CNC(=O)CCCCCCCCCCOc3ccc(C(c4ccccc4)(c4ccccc4)c4ccccc4)cc3)cc2)=c2ccc(=C(C#N)C#N)cc2)cc1. The van der Waals surface area contributed by atoms with E-state index in [4.69, 9.17) is 4.74 Å². The Balaban J connectivity index is 0.834. The van der Waals surface area contributed by atoms with Gasteiger partial charge in [0, 0.05) is 42.7 Å². The fraction of sp³-hybridized carbons (Fsp3) is 0.212.